The van der Waals surface area contributed by atoms with E-state index in [1.165, 1.54) is 11.5 Å². The summed E-state index contributed by atoms with van der Waals surface area (Å²) in [6, 6.07) is 0.381. The lowest BCUT2D eigenvalue weighted by atomic mass is 9.93. The van der Waals surface area contributed by atoms with Crippen LogP contribution in [0.5, 0.6) is 0 Å². The highest BCUT2D eigenvalue weighted by atomic mass is 16.7. The van der Waals surface area contributed by atoms with Gasteiger partial charge in [0.05, 0.1) is 19.1 Å². The zero-order chi connectivity index (χ0) is 6.97. The fraction of sp³-hybridized carbons (Fsp3) is 0.714. The number of hydrogen-bond acceptors (Lipinski definition) is 2. The van der Waals surface area contributed by atoms with Gasteiger partial charge in [0.25, 0.3) is 5.91 Å². The van der Waals surface area contributed by atoms with Crippen molar-refractivity contribution in [3.63, 3.8) is 0 Å². The number of rotatable bonds is 1. The van der Waals surface area contributed by atoms with Crippen LogP contribution in [0.1, 0.15) is 19.3 Å². The number of nitrogens with zero attached hydrogens (tertiary/aromatic N) is 1. The second-order valence-corrected chi connectivity index (χ2v) is 2.75. The van der Waals surface area contributed by atoms with Crippen LogP contribution in [0.4, 0.5) is 0 Å². The van der Waals surface area contributed by atoms with E-state index in [1.54, 1.807) is 6.42 Å². The fourth-order valence-electron chi connectivity index (χ4n) is 1.25. The molecule has 3 heteroatoms. The largest absolute Gasteiger partial charge is 0.272 e. The fourth-order valence-corrected chi connectivity index (χ4v) is 1.25. The Morgan fingerprint density at radius 1 is 1.60 bits per heavy atom. The van der Waals surface area contributed by atoms with E-state index in [0.29, 0.717) is 12.6 Å². The first-order valence-electron chi connectivity index (χ1n) is 3.67. The molecule has 10 heavy (non-hydrogen) atoms. The minimum absolute atomic E-state index is 0.0460. The molecule has 0 unspecified atom stereocenters. The minimum Gasteiger partial charge on any atom is -0.272 e. The van der Waals surface area contributed by atoms with Crippen LogP contribution in [0.2, 0.25) is 0 Å². The van der Waals surface area contributed by atoms with E-state index in [9.17, 15) is 4.79 Å². The monoisotopic (exact) mass is 140 g/mol. The third-order valence-electron chi connectivity index (χ3n) is 2.10. The summed E-state index contributed by atoms with van der Waals surface area (Å²) < 4.78 is 0. The summed E-state index contributed by atoms with van der Waals surface area (Å²) in [5, 5.41) is 1.52. The standard InChI is InChI=1S/C7H10NO2/c9-7-4-5-10-8(7)6-2-1-3-6/h4,6H,1-3,5H2. The predicted molar refractivity (Wildman–Crippen MR) is 34.7 cm³/mol. The summed E-state index contributed by atoms with van der Waals surface area (Å²) in [5.74, 6) is 0.0460. The van der Waals surface area contributed by atoms with Crippen LogP contribution in [0, 0.1) is 6.42 Å². The van der Waals surface area contributed by atoms with Crippen LogP contribution in [-0.4, -0.2) is 23.6 Å². The Bertz CT molecular complexity index is 154. The van der Waals surface area contributed by atoms with Crippen LogP contribution in [0.15, 0.2) is 0 Å². The second-order valence-electron chi connectivity index (χ2n) is 2.75. The predicted octanol–water partition coefficient (Wildman–Crippen LogP) is 0.517. The summed E-state index contributed by atoms with van der Waals surface area (Å²) in [6.45, 7) is 0.468. The van der Waals surface area contributed by atoms with Crippen LogP contribution in [0.25, 0.3) is 0 Å². The zero-order valence-corrected chi connectivity index (χ0v) is 5.75. The molecule has 2 aliphatic rings. The van der Waals surface area contributed by atoms with Crippen molar-refractivity contribution in [2.24, 2.45) is 0 Å². The van der Waals surface area contributed by atoms with Crippen LogP contribution in [-0.2, 0) is 9.63 Å². The van der Waals surface area contributed by atoms with Crippen molar-refractivity contribution in [2.75, 3.05) is 6.61 Å². The van der Waals surface area contributed by atoms with E-state index < -0.39 is 0 Å². The normalized spacial score (nSPS) is 27.2. The maximum Gasteiger partial charge on any atom is 0.252 e. The molecule has 1 radical (unpaired) electrons. The molecule has 2 fully saturated rings. The Morgan fingerprint density at radius 2 is 2.40 bits per heavy atom. The van der Waals surface area contributed by atoms with E-state index in [1.807, 2.05) is 0 Å². The number of carbonyl (C=O) groups excluding carboxylic acids is 1. The van der Waals surface area contributed by atoms with Crippen molar-refractivity contribution in [2.45, 2.75) is 25.3 Å². The van der Waals surface area contributed by atoms with Gasteiger partial charge in [-0.05, 0) is 19.3 Å². The van der Waals surface area contributed by atoms with Crippen molar-refractivity contribution in [1.29, 1.82) is 0 Å². The smallest absolute Gasteiger partial charge is 0.252 e. The van der Waals surface area contributed by atoms with Gasteiger partial charge in [-0.15, -0.1) is 0 Å². The highest BCUT2D eigenvalue weighted by Crippen LogP contribution is 2.27. The summed E-state index contributed by atoms with van der Waals surface area (Å²) in [6.07, 6.45) is 5.04. The highest BCUT2D eigenvalue weighted by Gasteiger charge is 2.33. The van der Waals surface area contributed by atoms with Gasteiger partial charge in [-0.3, -0.25) is 9.63 Å². The van der Waals surface area contributed by atoms with Crippen molar-refractivity contribution < 1.29 is 9.63 Å². The number of carbonyl (C=O) groups is 1. The molecule has 1 saturated heterocycles. The summed E-state index contributed by atoms with van der Waals surface area (Å²) in [4.78, 5) is 16.1. The topological polar surface area (TPSA) is 29.5 Å². The van der Waals surface area contributed by atoms with E-state index >= 15 is 0 Å². The summed E-state index contributed by atoms with van der Waals surface area (Å²) in [7, 11) is 0. The Hall–Kier alpha value is -0.570. The molecule has 0 aromatic rings. The number of hydroxylamine groups is 2. The van der Waals surface area contributed by atoms with Gasteiger partial charge < -0.3 is 0 Å². The molecule has 0 aromatic carbocycles. The van der Waals surface area contributed by atoms with E-state index in [-0.39, 0.29) is 5.91 Å². The molecule has 3 nitrogen and oxygen atoms in total. The maximum atomic E-state index is 11.0. The molecule has 0 aromatic heterocycles. The van der Waals surface area contributed by atoms with Gasteiger partial charge in [-0.25, -0.2) is 5.06 Å². The quantitative estimate of drug-likeness (QED) is 0.531. The van der Waals surface area contributed by atoms with Crippen LogP contribution >= 0.6 is 0 Å². The maximum absolute atomic E-state index is 11.0. The lowest BCUT2D eigenvalue weighted by Crippen LogP contribution is -2.39. The second kappa shape index (κ2) is 2.23. The molecule has 1 amide bonds. The van der Waals surface area contributed by atoms with Crippen molar-refractivity contribution in [1.82, 2.24) is 5.06 Å². The number of amides is 1. The Morgan fingerprint density at radius 3 is 2.80 bits per heavy atom. The molecule has 0 atom stereocenters. The Kier molecular flexibility index (Phi) is 1.38. The van der Waals surface area contributed by atoms with E-state index in [0.717, 1.165) is 12.8 Å². The molecule has 55 valence electrons. The first-order chi connectivity index (χ1) is 4.88. The lowest BCUT2D eigenvalue weighted by molar-refractivity contribution is -0.181. The highest BCUT2D eigenvalue weighted by molar-refractivity contribution is 5.85. The third-order valence-corrected chi connectivity index (χ3v) is 2.10. The molecule has 1 aliphatic heterocycles. The average molecular weight is 140 g/mol. The Balaban J connectivity index is 1.96. The molecule has 0 spiro atoms. The third kappa shape index (κ3) is 0.814. The molecule has 2 rings (SSSR count). The van der Waals surface area contributed by atoms with Crippen molar-refractivity contribution in [3.05, 3.63) is 6.42 Å². The van der Waals surface area contributed by atoms with Crippen LogP contribution < -0.4 is 0 Å². The first kappa shape index (κ1) is 6.16. The van der Waals surface area contributed by atoms with Crippen molar-refractivity contribution >= 4 is 5.91 Å². The molecular weight excluding hydrogens is 130 g/mol. The minimum atomic E-state index is 0.0460. The first-order valence-corrected chi connectivity index (χ1v) is 3.67. The Labute approximate surface area is 59.9 Å². The molecule has 0 bridgehead atoms. The molecule has 1 saturated carbocycles. The van der Waals surface area contributed by atoms with E-state index in [2.05, 4.69) is 0 Å². The molecule has 1 aliphatic carbocycles. The summed E-state index contributed by atoms with van der Waals surface area (Å²) in [5.41, 5.74) is 0. The van der Waals surface area contributed by atoms with Crippen molar-refractivity contribution in [3.8, 4) is 0 Å². The SMILES string of the molecule is O=C1[CH]CON1C1CCC1. The molecule has 1 heterocycles. The molecule has 0 N–H and O–H groups in total. The summed E-state index contributed by atoms with van der Waals surface area (Å²) >= 11 is 0. The zero-order valence-electron chi connectivity index (χ0n) is 5.75. The van der Waals surface area contributed by atoms with E-state index in [4.69, 9.17) is 4.84 Å². The van der Waals surface area contributed by atoms with Gasteiger partial charge in [-0.2, -0.15) is 0 Å². The lowest BCUT2D eigenvalue weighted by Gasteiger charge is -2.32. The van der Waals surface area contributed by atoms with Gasteiger partial charge in [0, 0.05) is 0 Å². The van der Waals surface area contributed by atoms with Gasteiger partial charge >= 0.3 is 0 Å². The van der Waals surface area contributed by atoms with Crippen LogP contribution in [0.3, 0.4) is 0 Å². The van der Waals surface area contributed by atoms with Gasteiger partial charge in [-0.1, -0.05) is 0 Å². The van der Waals surface area contributed by atoms with Gasteiger partial charge in [0.2, 0.25) is 0 Å². The number of hydrogen-bond donors (Lipinski definition) is 0. The average Bonchev–Trinajstić information content (AvgIpc) is 2.12. The molecular formula is C7H10NO2. The van der Waals surface area contributed by atoms with Gasteiger partial charge in [0.15, 0.2) is 0 Å². The van der Waals surface area contributed by atoms with Gasteiger partial charge in [0.1, 0.15) is 0 Å².